The monoisotopic (exact) mass is 570 g/mol. The fourth-order valence-corrected chi connectivity index (χ4v) is 3.42. The number of cyclic esters (lactones) is 2. The molecule has 0 aromatic rings. The zero-order valence-corrected chi connectivity index (χ0v) is 16.2. The highest BCUT2D eigenvalue weighted by atomic mass is 19.4. The van der Waals surface area contributed by atoms with Gasteiger partial charge < -0.3 is 4.74 Å². The Morgan fingerprint density at radius 2 is 0.972 bits per heavy atom. The van der Waals surface area contributed by atoms with Crippen LogP contribution in [-0.2, 0) is 14.3 Å². The first kappa shape index (κ1) is 29.9. The van der Waals surface area contributed by atoms with Crippen LogP contribution in [0, 0.1) is 17.8 Å². The number of carbonyl (C=O) groups is 2. The number of hydrogen-bond donors (Lipinski definition) is 0. The van der Waals surface area contributed by atoms with Crippen molar-refractivity contribution >= 4 is 11.9 Å². The summed E-state index contributed by atoms with van der Waals surface area (Å²) in [4.78, 5) is 22.9. The van der Waals surface area contributed by atoms with Crippen LogP contribution < -0.4 is 0 Å². The number of alkyl halides is 17. The van der Waals surface area contributed by atoms with Crippen LogP contribution >= 0.6 is 0 Å². The number of allylic oxidation sites excluding steroid dienone is 2. The van der Waals surface area contributed by atoms with Crippen molar-refractivity contribution in [3.05, 3.63) is 12.2 Å². The molecule has 3 nitrogen and oxygen atoms in total. The summed E-state index contributed by atoms with van der Waals surface area (Å²) in [5.41, 5.74) is 0. The largest absolute Gasteiger partial charge is 0.460 e. The van der Waals surface area contributed by atoms with Gasteiger partial charge in [0, 0.05) is 0 Å². The second-order valence-electron chi connectivity index (χ2n) is 7.63. The molecule has 3 atom stereocenters. The molecule has 20 heteroatoms. The fraction of sp³-hybridized carbons (Fsp3) is 0.750. The van der Waals surface area contributed by atoms with E-state index in [0.29, 0.717) is 6.08 Å². The summed E-state index contributed by atoms with van der Waals surface area (Å²) in [6.07, 6.45) is -8.42. The van der Waals surface area contributed by atoms with E-state index in [0.717, 1.165) is 0 Å². The van der Waals surface area contributed by atoms with Crippen LogP contribution in [0.1, 0.15) is 6.42 Å². The van der Waals surface area contributed by atoms with E-state index < -0.39 is 83.7 Å². The van der Waals surface area contributed by atoms with Gasteiger partial charge in [-0.15, -0.1) is 0 Å². The molecule has 0 bridgehead atoms. The Hall–Kier alpha value is -2.31. The summed E-state index contributed by atoms with van der Waals surface area (Å²) in [5, 5.41) is 0. The van der Waals surface area contributed by atoms with Gasteiger partial charge in [-0.3, -0.25) is 9.59 Å². The van der Waals surface area contributed by atoms with Crippen molar-refractivity contribution < 1.29 is 89.0 Å². The van der Waals surface area contributed by atoms with Crippen LogP contribution in [0.3, 0.4) is 0 Å². The Labute approximate surface area is 186 Å². The summed E-state index contributed by atoms with van der Waals surface area (Å²) >= 11 is 0. The highest BCUT2D eigenvalue weighted by Crippen LogP contribution is 2.65. The van der Waals surface area contributed by atoms with Gasteiger partial charge in [-0.1, -0.05) is 12.2 Å². The molecule has 0 aromatic carbocycles. The molecule has 0 radical (unpaired) electrons. The minimum Gasteiger partial charge on any atom is -0.393 e. The van der Waals surface area contributed by atoms with Gasteiger partial charge in [0.25, 0.3) is 0 Å². The number of hydrogen-bond acceptors (Lipinski definition) is 3. The summed E-state index contributed by atoms with van der Waals surface area (Å²) in [6, 6.07) is 0. The minimum atomic E-state index is -8.74. The molecule has 0 amide bonds. The molecule has 0 saturated carbocycles. The Bertz CT molecular complexity index is 948. The Balaban J connectivity index is 2.64. The third kappa shape index (κ3) is 3.47. The third-order valence-electron chi connectivity index (χ3n) is 5.49. The van der Waals surface area contributed by atoms with Crippen molar-refractivity contribution in [1.82, 2.24) is 0 Å². The van der Waals surface area contributed by atoms with Gasteiger partial charge in [-0.05, 0) is 6.42 Å². The average Bonchev–Trinajstić information content (AvgIpc) is 3.00. The second-order valence-corrected chi connectivity index (χ2v) is 7.63. The molecule has 1 aliphatic heterocycles. The lowest BCUT2D eigenvalue weighted by atomic mass is 9.71. The van der Waals surface area contributed by atoms with Gasteiger partial charge in [0.1, 0.15) is 0 Å². The van der Waals surface area contributed by atoms with Crippen molar-refractivity contribution in [3.8, 4) is 0 Å². The zero-order chi connectivity index (χ0) is 28.7. The smallest absolute Gasteiger partial charge is 0.393 e. The first-order chi connectivity index (χ1) is 15.7. The van der Waals surface area contributed by atoms with E-state index in [9.17, 15) is 84.2 Å². The SMILES string of the molecule is O=C1OC(=O)C2C1CC=CC2C(F)(F)C(F)(F)C(F)(F)C(F)(F)C(F)(F)C(F)(F)C(F)(F)C(F)(F)F. The third-order valence-corrected chi connectivity index (χ3v) is 5.49. The number of fused-ring (bicyclic) bond motifs is 1. The molecule has 208 valence electrons. The Morgan fingerprint density at radius 3 is 1.39 bits per heavy atom. The molecule has 0 aromatic heterocycles. The van der Waals surface area contributed by atoms with Crippen molar-refractivity contribution in [3.63, 3.8) is 0 Å². The standard InChI is InChI=1S/C16H7F17O3/c17-9(18,5-3-1-2-4-6(5)8(35)36-7(4)34)10(19,20)11(21,22)12(23,24)13(25,26)14(27,28)15(29,30)16(31,32)33/h1,3-6H,2H2. The highest BCUT2D eigenvalue weighted by molar-refractivity contribution is 5.97. The topological polar surface area (TPSA) is 43.4 Å². The van der Waals surface area contributed by atoms with Crippen molar-refractivity contribution in [2.45, 2.75) is 54.1 Å². The molecule has 1 aliphatic carbocycles. The van der Waals surface area contributed by atoms with E-state index >= 15 is 0 Å². The van der Waals surface area contributed by atoms with E-state index in [4.69, 9.17) is 0 Å². The van der Waals surface area contributed by atoms with E-state index in [1.54, 1.807) is 0 Å². The summed E-state index contributed by atoms with van der Waals surface area (Å²) in [7, 11) is 0. The zero-order valence-electron chi connectivity index (χ0n) is 16.2. The summed E-state index contributed by atoms with van der Waals surface area (Å²) in [5.74, 6) is -69.9. The molecule has 1 fully saturated rings. The van der Waals surface area contributed by atoms with Crippen molar-refractivity contribution in [2.75, 3.05) is 0 Å². The molecule has 3 unspecified atom stereocenters. The number of halogens is 17. The van der Waals surface area contributed by atoms with Crippen LogP contribution in [0.15, 0.2) is 12.2 Å². The summed E-state index contributed by atoms with van der Waals surface area (Å²) in [6.45, 7) is 0. The van der Waals surface area contributed by atoms with Gasteiger partial charge in [-0.2, -0.15) is 74.6 Å². The lowest BCUT2D eigenvalue weighted by molar-refractivity contribution is -0.463. The van der Waals surface area contributed by atoms with E-state index in [-0.39, 0.29) is 6.08 Å². The average molecular weight is 570 g/mol. The minimum absolute atomic E-state index is 0.215. The molecule has 36 heavy (non-hydrogen) atoms. The molecule has 2 aliphatic rings. The number of carbonyl (C=O) groups excluding carboxylic acids is 2. The number of ether oxygens (including phenoxy) is 1. The van der Waals surface area contributed by atoms with Gasteiger partial charge in [0.15, 0.2) is 0 Å². The van der Waals surface area contributed by atoms with Gasteiger partial charge in [-0.25, -0.2) is 0 Å². The first-order valence-electron chi connectivity index (χ1n) is 8.80. The van der Waals surface area contributed by atoms with Crippen LogP contribution in [0.2, 0.25) is 0 Å². The van der Waals surface area contributed by atoms with E-state index in [1.807, 2.05) is 0 Å². The predicted molar refractivity (Wildman–Crippen MR) is 76.0 cm³/mol. The molecule has 1 saturated heterocycles. The molecular formula is C16H7F17O3. The molecule has 2 rings (SSSR count). The summed E-state index contributed by atoms with van der Waals surface area (Å²) < 4.78 is 232. The molecule has 1 heterocycles. The van der Waals surface area contributed by atoms with Crippen LogP contribution in [0.4, 0.5) is 74.6 Å². The number of esters is 2. The second kappa shape index (κ2) is 7.84. The highest BCUT2D eigenvalue weighted by Gasteiger charge is 2.95. The van der Waals surface area contributed by atoms with Gasteiger partial charge in [0.05, 0.1) is 17.8 Å². The lowest BCUT2D eigenvalue weighted by Crippen LogP contribution is -2.75. The van der Waals surface area contributed by atoms with Crippen LogP contribution in [-0.4, -0.2) is 59.6 Å². The Morgan fingerprint density at radius 1 is 0.583 bits per heavy atom. The Kier molecular flexibility index (Phi) is 6.52. The maximum Gasteiger partial charge on any atom is 0.460 e. The van der Waals surface area contributed by atoms with Crippen molar-refractivity contribution in [2.24, 2.45) is 17.8 Å². The van der Waals surface area contributed by atoms with Gasteiger partial charge >= 0.3 is 59.6 Å². The van der Waals surface area contributed by atoms with E-state index in [1.165, 1.54) is 0 Å². The first-order valence-corrected chi connectivity index (χ1v) is 8.80. The maximum atomic E-state index is 14.5. The predicted octanol–water partition coefficient (Wildman–Crippen LogP) is 5.89. The normalized spacial score (nSPS) is 25.2. The maximum absolute atomic E-state index is 14.5. The van der Waals surface area contributed by atoms with Crippen LogP contribution in [0.5, 0.6) is 0 Å². The fourth-order valence-electron chi connectivity index (χ4n) is 3.42. The molecule has 0 N–H and O–H groups in total. The van der Waals surface area contributed by atoms with Crippen molar-refractivity contribution in [1.29, 1.82) is 0 Å². The van der Waals surface area contributed by atoms with E-state index in [2.05, 4.69) is 4.74 Å². The lowest BCUT2D eigenvalue weighted by Gasteiger charge is -2.44. The molecule has 0 spiro atoms. The van der Waals surface area contributed by atoms with Crippen LogP contribution in [0.25, 0.3) is 0 Å². The molecular weight excluding hydrogens is 563 g/mol. The quantitative estimate of drug-likeness (QED) is 0.166. The van der Waals surface area contributed by atoms with Gasteiger partial charge in [0.2, 0.25) is 0 Å². The number of rotatable bonds is 7.